The third-order valence-electron chi connectivity index (χ3n) is 8.58. The lowest BCUT2D eigenvalue weighted by Gasteiger charge is -2.57. The number of esters is 1. The molecule has 6 atom stereocenters. The van der Waals surface area contributed by atoms with Crippen LogP contribution >= 0.6 is 0 Å². The molecular formula is C23H34O3. The fourth-order valence-corrected chi connectivity index (χ4v) is 7.26. The summed E-state index contributed by atoms with van der Waals surface area (Å²) < 4.78 is 5.54. The van der Waals surface area contributed by atoms with Crippen LogP contribution < -0.4 is 0 Å². The van der Waals surface area contributed by atoms with Gasteiger partial charge in [0, 0.05) is 13.3 Å². The average Bonchev–Trinajstić information content (AvgIpc) is 2.92. The highest BCUT2D eigenvalue weighted by molar-refractivity contribution is 5.66. The maximum atomic E-state index is 11.4. The van der Waals surface area contributed by atoms with E-state index in [9.17, 15) is 9.90 Å². The smallest absolute Gasteiger partial charge is 0.302 e. The summed E-state index contributed by atoms with van der Waals surface area (Å²) in [5.41, 5.74) is 3.68. The number of hydrogen-bond acceptors (Lipinski definition) is 3. The third-order valence-corrected chi connectivity index (χ3v) is 8.58. The van der Waals surface area contributed by atoms with Crippen molar-refractivity contribution in [2.45, 2.75) is 78.2 Å². The molecule has 4 rings (SSSR count). The summed E-state index contributed by atoms with van der Waals surface area (Å²) in [7, 11) is 0. The summed E-state index contributed by atoms with van der Waals surface area (Å²) in [6.45, 7) is 6.66. The van der Waals surface area contributed by atoms with E-state index in [1.54, 1.807) is 5.57 Å². The maximum absolute atomic E-state index is 11.4. The molecule has 144 valence electrons. The minimum Gasteiger partial charge on any atom is -0.462 e. The van der Waals surface area contributed by atoms with Crippen LogP contribution in [0.2, 0.25) is 0 Å². The molecule has 26 heavy (non-hydrogen) atoms. The Morgan fingerprint density at radius 3 is 2.69 bits per heavy atom. The second-order valence-electron chi connectivity index (χ2n) is 9.64. The molecule has 3 heteroatoms. The number of aliphatic hydroxyl groups is 1. The Kier molecular flexibility index (Phi) is 4.58. The Morgan fingerprint density at radius 1 is 1.23 bits per heavy atom. The monoisotopic (exact) mass is 358 g/mol. The van der Waals surface area contributed by atoms with Crippen molar-refractivity contribution in [1.82, 2.24) is 0 Å². The number of rotatable bonds is 2. The van der Waals surface area contributed by atoms with Crippen molar-refractivity contribution in [2.24, 2.45) is 28.6 Å². The topological polar surface area (TPSA) is 46.5 Å². The quantitative estimate of drug-likeness (QED) is 0.570. The molecule has 0 aliphatic heterocycles. The highest BCUT2D eigenvalue weighted by Gasteiger charge is 2.57. The Hall–Kier alpha value is -1.09. The van der Waals surface area contributed by atoms with E-state index in [4.69, 9.17) is 4.74 Å². The van der Waals surface area contributed by atoms with Crippen LogP contribution in [-0.4, -0.2) is 23.8 Å². The van der Waals surface area contributed by atoms with Crippen LogP contribution in [0.1, 0.15) is 72.1 Å². The summed E-state index contributed by atoms with van der Waals surface area (Å²) in [5.74, 6) is 2.17. The summed E-state index contributed by atoms with van der Waals surface area (Å²) in [6, 6.07) is 0. The first-order valence-corrected chi connectivity index (χ1v) is 10.6. The zero-order chi connectivity index (χ0) is 18.5. The van der Waals surface area contributed by atoms with Crippen LogP contribution in [0.25, 0.3) is 0 Å². The standard InChI is InChI=1S/C23H34O3/c1-15(25)26-18-8-11-23(3)17(14-18)4-6-19-20-7-5-16(10-13-24)22(20,2)12-9-21(19)23/h4,10,18-21,24H,5-9,11-14H2,1-3H3/b16-10+/t18-,19-,20-,21-,22+,23-/m0/s1. The third kappa shape index (κ3) is 2.69. The van der Waals surface area contributed by atoms with Crippen LogP contribution in [-0.2, 0) is 9.53 Å². The van der Waals surface area contributed by atoms with Gasteiger partial charge < -0.3 is 9.84 Å². The van der Waals surface area contributed by atoms with E-state index in [0.717, 1.165) is 37.0 Å². The molecule has 0 radical (unpaired) electrons. The van der Waals surface area contributed by atoms with Crippen molar-refractivity contribution < 1.29 is 14.6 Å². The number of hydrogen-bond donors (Lipinski definition) is 1. The Balaban J connectivity index is 1.59. The van der Waals surface area contributed by atoms with Crippen LogP contribution in [0.3, 0.4) is 0 Å². The van der Waals surface area contributed by atoms with Crippen LogP contribution in [0, 0.1) is 28.6 Å². The van der Waals surface area contributed by atoms with Gasteiger partial charge >= 0.3 is 5.97 Å². The van der Waals surface area contributed by atoms with Gasteiger partial charge in [-0.3, -0.25) is 4.79 Å². The molecule has 0 aromatic carbocycles. The van der Waals surface area contributed by atoms with Gasteiger partial charge in [0.25, 0.3) is 0 Å². The van der Waals surface area contributed by atoms with E-state index in [1.165, 1.54) is 44.6 Å². The molecule has 0 aromatic rings. The molecule has 0 unspecified atom stereocenters. The fraction of sp³-hybridized carbons (Fsp3) is 0.783. The van der Waals surface area contributed by atoms with Gasteiger partial charge in [0.15, 0.2) is 0 Å². The van der Waals surface area contributed by atoms with Gasteiger partial charge in [0.05, 0.1) is 6.61 Å². The lowest BCUT2D eigenvalue weighted by Crippen LogP contribution is -2.49. The Bertz CT molecular complexity index is 648. The van der Waals surface area contributed by atoms with Crippen LogP contribution in [0.4, 0.5) is 0 Å². The van der Waals surface area contributed by atoms with Crippen molar-refractivity contribution >= 4 is 5.97 Å². The molecule has 0 saturated heterocycles. The normalized spacial score (nSPS) is 46.2. The molecule has 3 fully saturated rings. The van der Waals surface area contributed by atoms with Crippen molar-refractivity contribution in [1.29, 1.82) is 0 Å². The van der Waals surface area contributed by atoms with Gasteiger partial charge in [-0.1, -0.05) is 37.1 Å². The minimum atomic E-state index is -0.143. The van der Waals surface area contributed by atoms with Crippen molar-refractivity contribution in [3.05, 3.63) is 23.3 Å². The first kappa shape index (κ1) is 18.3. The molecule has 1 N–H and O–H groups in total. The van der Waals surface area contributed by atoms with Gasteiger partial charge in [-0.25, -0.2) is 0 Å². The number of fused-ring (bicyclic) bond motifs is 5. The zero-order valence-electron chi connectivity index (χ0n) is 16.6. The highest BCUT2D eigenvalue weighted by Crippen LogP contribution is 2.66. The molecule has 3 nitrogen and oxygen atoms in total. The van der Waals surface area contributed by atoms with Gasteiger partial charge in [0.1, 0.15) is 6.10 Å². The molecule has 0 amide bonds. The van der Waals surface area contributed by atoms with E-state index in [0.29, 0.717) is 10.8 Å². The van der Waals surface area contributed by atoms with Crippen LogP contribution in [0.5, 0.6) is 0 Å². The molecule has 0 bridgehead atoms. The maximum Gasteiger partial charge on any atom is 0.302 e. The predicted molar refractivity (Wildman–Crippen MR) is 102 cm³/mol. The largest absolute Gasteiger partial charge is 0.462 e. The Morgan fingerprint density at radius 2 is 1.96 bits per heavy atom. The highest BCUT2D eigenvalue weighted by atomic mass is 16.5. The summed E-state index contributed by atoms with van der Waals surface area (Å²) in [5, 5.41) is 9.42. The minimum absolute atomic E-state index is 0.0859. The molecular weight excluding hydrogens is 324 g/mol. The Labute approximate surface area is 157 Å². The van der Waals surface area contributed by atoms with Gasteiger partial charge in [-0.15, -0.1) is 0 Å². The number of allylic oxidation sites excluding steroid dienone is 2. The molecule has 0 heterocycles. The van der Waals surface area contributed by atoms with Crippen molar-refractivity contribution in [2.75, 3.05) is 6.61 Å². The lowest BCUT2D eigenvalue weighted by molar-refractivity contribution is -0.148. The summed E-state index contributed by atoms with van der Waals surface area (Å²) in [4.78, 5) is 11.4. The van der Waals surface area contributed by atoms with Crippen molar-refractivity contribution in [3.63, 3.8) is 0 Å². The first-order chi connectivity index (χ1) is 12.4. The zero-order valence-corrected chi connectivity index (χ0v) is 16.6. The molecule has 4 aliphatic carbocycles. The summed E-state index contributed by atoms with van der Waals surface area (Å²) in [6.07, 6.45) is 14.0. The van der Waals surface area contributed by atoms with E-state index < -0.39 is 0 Å². The van der Waals surface area contributed by atoms with Gasteiger partial charge in [-0.2, -0.15) is 0 Å². The average molecular weight is 359 g/mol. The number of aliphatic hydroxyl groups excluding tert-OH is 1. The van der Waals surface area contributed by atoms with Crippen molar-refractivity contribution in [3.8, 4) is 0 Å². The van der Waals surface area contributed by atoms with E-state index in [2.05, 4.69) is 26.0 Å². The number of ether oxygens (including phenoxy) is 1. The second-order valence-corrected chi connectivity index (χ2v) is 9.64. The molecule has 4 aliphatic rings. The van der Waals surface area contributed by atoms with Gasteiger partial charge in [0.2, 0.25) is 0 Å². The predicted octanol–water partition coefficient (Wildman–Crippen LogP) is 4.80. The van der Waals surface area contributed by atoms with E-state index >= 15 is 0 Å². The molecule has 0 spiro atoms. The number of carbonyl (C=O) groups excluding carboxylic acids is 1. The summed E-state index contributed by atoms with van der Waals surface area (Å²) >= 11 is 0. The molecule has 0 aromatic heterocycles. The number of carbonyl (C=O) groups is 1. The molecule has 3 saturated carbocycles. The first-order valence-electron chi connectivity index (χ1n) is 10.6. The fourth-order valence-electron chi connectivity index (χ4n) is 7.26. The van der Waals surface area contributed by atoms with E-state index in [1.807, 2.05) is 0 Å². The van der Waals surface area contributed by atoms with Crippen LogP contribution in [0.15, 0.2) is 23.3 Å². The lowest BCUT2D eigenvalue weighted by atomic mass is 9.48. The van der Waals surface area contributed by atoms with Gasteiger partial charge in [-0.05, 0) is 73.5 Å². The second kappa shape index (κ2) is 6.51. The SMILES string of the molecule is CC(=O)O[C@H]1CC[C@@]2(C)C(=CC[C@@H]3[C@@H]2CC[C@]2(C)/C(=C/CO)CC[C@@H]32)C1. The van der Waals surface area contributed by atoms with E-state index in [-0.39, 0.29) is 18.7 Å².